The third kappa shape index (κ3) is 4.69. The van der Waals surface area contributed by atoms with Gasteiger partial charge in [0.05, 0.1) is 24.4 Å². The highest BCUT2D eigenvalue weighted by Crippen LogP contribution is 2.32. The number of carbonyl (C=O) groups is 1. The number of fused-ring (bicyclic) bond motifs is 2. The fourth-order valence-electron chi connectivity index (χ4n) is 6.58. The lowest BCUT2D eigenvalue weighted by Gasteiger charge is -2.41. The molecule has 4 aliphatic heterocycles. The minimum absolute atomic E-state index is 0.0714. The van der Waals surface area contributed by atoms with Crippen LogP contribution in [0.5, 0.6) is 5.75 Å². The zero-order chi connectivity index (χ0) is 26.4. The molecule has 0 spiro atoms. The standard InChI is InChI=1S/C31H37N5O3/c1-32-31(19-38-20-31)24-5-4-21-12-25(34-14-22(21)11-24)17-35-10-8-28(18-35)39-27-6-7-29-23(13-27)16-36(30(29)37)26-3-2-9-33-15-26/h4-7,11-14,26,28,32-33H,2-3,8-10,15-20H2,1H3/t26?,28-/m0/s1. The number of piperidine rings is 1. The molecule has 1 unspecified atom stereocenters. The summed E-state index contributed by atoms with van der Waals surface area (Å²) in [4.78, 5) is 22.2. The number of pyridine rings is 1. The Hall–Kier alpha value is -3.04. The Bertz CT molecular complexity index is 1380. The summed E-state index contributed by atoms with van der Waals surface area (Å²) in [5.74, 6) is 1.03. The smallest absolute Gasteiger partial charge is 0.254 e. The molecule has 2 atom stereocenters. The first-order chi connectivity index (χ1) is 19.1. The maximum Gasteiger partial charge on any atom is 0.254 e. The molecule has 0 bridgehead atoms. The molecule has 5 heterocycles. The fraction of sp³-hybridized carbons (Fsp3) is 0.484. The van der Waals surface area contributed by atoms with Crippen LogP contribution in [0.4, 0.5) is 0 Å². The lowest BCUT2D eigenvalue weighted by Crippen LogP contribution is -2.56. The average molecular weight is 528 g/mol. The van der Waals surface area contributed by atoms with Crippen molar-refractivity contribution in [2.75, 3.05) is 46.4 Å². The number of hydrogen-bond acceptors (Lipinski definition) is 7. The van der Waals surface area contributed by atoms with Gasteiger partial charge in [-0.3, -0.25) is 14.7 Å². The number of carbonyl (C=O) groups excluding carboxylic acids is 1. The van der Waals surface area contributed by atoms with Gasteiger partial charge in [0, 0.05) is 55.9 Å². The molecule has 3 saturated heterocycles. The second kappa shape index (κ2) is 10.2. The topological polar surface area (TPSA) is 79.0 Å². The number of benzene rings is 2. The van der Waals surface area contributed by atoms with Crippen molar-refractivity contribution in [2.24, 2.45) is 0 Å². The molecule has 204 valence electrons. The summed E-state index contributed by atoms with van der Waals surface area (Å²) < 4.78 is 11.9. The molecule has 4 aliphatic rings. The summed E-state index contributed by atoms with van der Waals surface area (Å²) in [5.41, 5.74) is 4.19. The van der Waals surface area contributed by atoms with Gasteiger partial charge in [0.15, 0.2) is 0 Å². The highest BCUT2D eigenvalue weighted by atomic mass is 16.5. The van der Waals surface area contributed by atoms with Gasteiger partial charge in [-0.15, -0.1) is 0 Å². The van der Waals surface area contributed by atoms with E-state index in [4.69, 9.17) is 14.5 Å². The molecule has 1 amide bonds. The Morgan fingerprint density at radius 1 is 1.15 bits per heavy atom. The van der Waals surface area contributed by atoms with Crippen LogP contribution in [-0.2, 0) is 23.4 Å². The molecule has 3 aromatic rings. The molecule has 39 heavy (non-hydrogen) atoms. The maximum atomic E-state index is 13.0. The minimum atomic E-state index is -0.0714. The average Bonchev–Trinajstić information content (AvgIpc) is 3.52. The maximum absolute atomic E-state index is 13.0. The van der Waals surface area contributed by atoms with Gasteiger partial charge in [0.1, 0.15) is 11.9 Å². The van der Waals surface area contributed by atoms with E-state index < -0.39 is 0 Å². The van der Waals surface area contributed by atoms with E-state index in [1.54, 1.807) is 0 Å². The van der Waals surface area contributed by atoms with Crippen molar-refractivity contribution in [1.29, 1.82) is 0 Å². The SMILES string of the molecule is CNC1(c2ccc3cc(CN4CC[C@H](Oc5ccc6c(c5)CN(C5CCCNC5)C6=O)C4)ncc3c2)COC1. The molecule has 0 aliphatic carbocycles. The van der Waals surface area contributed by atoms with Crippen LogP contribution in [0.1, 0.15) is 46.4 Å². The van der Waals surface area contributed by atoms with Gasteiger partial charge in [-0.1, -0.05) is 12.1 Å². The van der Waals surface area contributed by atoms with E-state index in [0.29, 0.717) is 25.8 Å². The van der Waals surface area contributed by atoms with Gasteiger partial charge in [0.25, 0.3) is 5.91 Å². The van der Waals surface area contributed by atoms with E-state index in [-0.39, 0.29) is 17.6 Å². The number of likely N-dealkylation sites (N-methyl/N-ethyl adjacent to an activating group) is 1. The van der Waals surface area contributed by atoms with Crippen LogP contribution < -0.4 is 15.4 Å². The van der Waals surface area contributed by atoms with E-state index in [2.05, 4.69) is 45.9 Å². The second-order valence-corrected chi connectivity index (χ2v) is 11.6. The number of rotatable bonds is 7. The summed E-state index contributed by atoms with van der Waals surface area (Å²) in [6.07, 6.45) is 5.33. The Labute approximate surface area is 229 Å². The number of amides is 1. The van der Waals surface area contributed by atoms with Crippen LogP contribution in [0, 0.1) is 0 Å². The summed E-state index contributed by atoms with van der Waals surface area (Å²) in [6, 6.07) is 15.2. The van der Waals surface area contributed by atoms with E-state index in [9.17, 15) is 4.79 Å². The minimum Gasteiger partial charge on any atom is -0.489 e. The van der Waals surface area contributed by atoms with Crippen molar-refractivity contribution in [3.63, 3.8) is 0 Å². The normalized spacial score (nSPS) is 24.6. The largest absolute Gasteiger partial charge is 0.489 e. The van der Waals surface area contributed by atoms with Crippen LogP contribution in [-0.4, -0.2) is 79.3 Å². The predicted octanol–water partition coefficient (Wildman–Crippen LogP) is 3.04. The molecular weight excluding hydrogens is 490 g/mol. The summed E-state index contributed by atoms with van der Waals surface area (Å²) in [6.45, 7) is 6.72. The first-order valence-electron chi connectivity index (χ1n) is 14.3. The number of nitrogens with one attached hydrogen (secondary N) is 2. The number of nitrogens with zero attached hydrogens (tertiary/aromatic N) is 3. The van der Waals surface area contributed by atoms with Crippen molar-refractivity contribution in [1.82, 2.24) is 25.4 Å². The Morgan fingerprint density at radius 2 is 2.08 bits per heavy atom. The van der Waals surface area contributed by atoms with E-state index in [0.717, 1.165) is 79.9 Å². The van der Waals surface area contributed by atoms with Gasteiger partial charge in [-0.05, 0) is 79.7 Å². The summed E-state index contributed by atoms with van der Waals surface area (Å²) in [5, 5.41) is 9.23. The quantitative estimate of drug-likeness (QED) is 0.489. The van der Waals surface area contributed by atoms with Crippen LogP contribution in [0.3, 0.4) is 0 Å². The zero-order valence-corrected chi connectivity index (χ0v) is 22.6. The molecule has 0 saturated carbocycles. The van der Waals surface area contributed by atoms with Crippen LogP contribution >= 0.6 is 0 Å². The number of likely N-dealkylation sites (tertiary alicyclic amines) is 1. The highest BCUT2D eigenvalue weighted by molar-refractivity contribution is 5.98. The molecule has 1 aromatic heterocycles. The highest BCUT2D eigenvalue weighted by Gasteiger charge is 2.39. The predicted molar refractivity (Wildman–Crippen MR) is 150 cm³/mol. The molecule has 2 aromatic carbocycles. The van der Waals surface area contributed by atoms with E-state index >= 15 is 0 Å². The Kier molecular flexibility index (Phi) is 6.51. The molecule has 3 fully saturated rings. The first kappa shape index (κ1) is 25.0. The van der Waals surface area contributed by atoms with Gasteiger partial charge < -0.3 is 25.0 Å². The van der Waals surface area contributed by atoms with Crippen molar-refractivity contribution in [3.8, 4) is 5.75 Å². The molecule has 0 radical (unpaired) electrons. The Balaban J connectivity index is 0.969. The van der Waals surface area contributed by atoms with Gasteiger partial charge in [0.2, 0.25) is 0 Å². The third-order valence-electron chi connectivity index (χ3n) is 9.04. The first-order valence-corrected chi connectivity index (χ1v) is 14.3. The Morgan fingerprint density at radius 3 is 2.87 bits per heavy atom. The van der Waals surface area contributed by atoms with Crippen molar-refractivity contribution in [2.45, 2.75) is 50.0 Å². The van der Waals surface area contributed by atoms with Crippen LogP contribution in [0.15, 0.2) is 48.7 Å². The number of hydrogen-bond donors (Lipinski definition) is 2. The second-order valence-electron chi connectivity index (χ2n) is 11.6. The number of ether oxygens (including phenoxy) is 2. The molecule has 7 rings (SSSR count). The van der Waals surface area contributed by atoms with Gasteiger partial charge >= 0.3 is 0 Å². The monoisotopic (exact) mass is 527 g/mol. The lowest BCUT2D eigenvalue weighted by atomic mass is 9.87. The van der Waals surface area contributed by atoms with Gasteiger partial charge in [-0.25, -0.2) is 0 Å². The van der Waals surface area contributed by atoms with E-state index in [1.165, 1.54) is 10.9 Å². The molecule has 8 heteroatoms. The van der Waals surface area contributed by atoms with Crippen molar-refractivity contribution in [3.05, 3.63) is 71.0 Å². The van der Waals surface area contributed by atoms with E-state index in [1.807, 2.05) is 30.3 Å². The van der Waals surface area contributed by atoms with Crippen molar-refractivity contribution >= 4 is 16.7 Å². The van der Waals surface area contributed by atoms with Crippen molar-refractivity contribution < 1.29 is 14.3 Å². The molecular formula is C31H37N5O3. The van der Waals surface area contributed by atoms with Gasteiger partial charge in [-0.2, -0.15) is 0 Å². The summed E-state index contributed by atoms with van der Waals surface area (Å²) in [7, 11) is 2.00. The van der Waals surface area contributed by atoms with Crippen LogP contribution in [0.2, 0.25) is 0 Å². The number of aromatic nitrogens is 1. The third-order valence-corrected chi connectivity index (χ3v) is 9.04. The lowest BCUT2D eigenvalue weighted by molar-refractivity contribution is -0.0747. The molecule has 2 N–H and O–H groups in total. The zero-order valence-electron chi connectivity index (χ0n) is 22.6. The fourth-order valence-corrected chi connectivity index (χ4v) is 6.58. The summed E-state index contributed by atoms with van der Waals surface area (Å²) >= 11 is 0. The van der Waals surface area contributed by atoms with Crippen LogP contribution in [0.25, 0.3) is 10.8 Å². The molecule has 8 nitrogen and oxygen atoms in total.